The average molecular weight is 1940 g/mol. The predicted molar refractivity (Wildman–Crippen MR) is 637 cm³/mol. The molecule has 1 aliphatic carbocycles. The maximum absolute atomic E-state index is 2.55. The molecule has 0 spiro atoms. The zero-order valence-corrected chi connectivity index (χ0v) is 83.6. The van der Waals surface area contributed by atoms with E-state index in [1.807, 2.05) is 34.0 Å². The van der Waals surface area contributed by atoms with Crippen molar-refractivity contribution in [1.82, 2.24) is 4.57 Å². The van der Waals surface area contributed by atoms with Crippen LogP contribution in [0.25, 0.3) is 220 Å². The monoisotopic (exact) mass is 1940 g/mol. The van der Waals surface area contributed by atoms with E-state index in [9.17, 15) is 0 Å². The molecule has 0 radical (unpaired) electrons. The number of benzene rings is 24. The summed E-state index contributed by atoms with van der Waals surface area (Å²) in [6.07, 6.45) is 0. The summed E-state index contributed by atoms with van der Waals surface area (Å²) < 4.78 is 10.1. The van der Waals surface area contributed by atoms with Gasteiger partial charge in [0.2, 0.25) is 0 Å². The molecule has 7 heteroatoms. The van der Waals surface area contributed by atoms with Crippen molar-refractivity contribution >= 4 is 200 Å². The van der Waals surface area contributed by atoms with Gasteiger partial charge in [-0.15, -0.1) is 34.0 Å². The number of hydrogen-bond acceptors (Lipinski definition) is 6. The molecule has 0 fully saturated rings. The maximum Gasteiger partial charge on any atom is 0.0702 e. The fourth-order valence-corrected chi connectivity index (χ4v) is 27.2. The second-order valence-corrected chi connectivity index (χ2v) is 42.9. The highest BCUT2D eigenvalue weighted by Gasteiger charge is 2.37. The van der Waals surface area contributed by atoms with Crippen molar-refractivity contribution in [3.8, 4) is 106 Å². The predicted octanol–water partition coefficient (Wildman–Crippen LogP) is 41.4. The first-order chi connectivity index (χ1) is 73.1. The molecule has 0 atom stereocenters. The molecule has 148 heavy (non-hydrogen) atoms. The van der Waals surface area contributed by atoms with Crippen LogP contribution in [0.3, 0.4) is 0 Å². The minimum Gasteiger partial charge on any atom is -0.309 e. The molecule has 28 aromatic rings. The summed E-state index contributed by atoms with van der Waals surface area (Å²) in [6.45, 7) is 4.83. The lowest BCUT2D eigenvalue weighted by atomic mass is 9.80. The molecule has 0 aliphatic heterocycles. The van der Waals surface area contributed by atoms with Gasteiger partial charge in [-0.05, 0) is 256 Å². The molecular weight excluding hydrogens is 1850 g/mol. The number of fused-ring (bicyclic) bond motifs is 18. The molecule has 1 aliphatic rings. The number of thiophene rings is 3. The van der Waals surface area contributed by atoms with E-state index in [-0.39, 0.29) is 5.41 Å². The summed E-state index contributed by atoms with van der Waals surface area (Å²) in [5, 5.41) is 17.1. The number of para-hydroxylation sites is 6. The van der Waals surface area contributed by atoms with Gasteiger partial charge in [-0.25, -0.2) is 0 Å². The highest BCUT2D eigenvalue weighted by molar-refractivity contribution is 7.26. The Kier molecular flexibility index (Phi) is 20.6. The van der Waals surface area contributed by atoms with Crippen molar-refractivity contribution in [3.63, 3.8) is 0 Å². The van der Waals surface area contributed by atoms with Gasteiger partial charge in [-0.2, -0.15) is 0 Å². The summed E-state index contributed by atoms with van der Waals surface area (Å²) in [5.74, 6) is 0. The third kappa shape index (κ3) is 14.5. The van der Waals surface area contributed by atoms with E-state index >= 15 is 0 Å². The summed E-state index contributed by atoms with van der Waals surface area (Å²) in [4.78, 5) is 7.53. The first kappa shape index (κ1) is 86.6. The van der Waals surface area contributed by atoms with Crippen LogP contribution < -0.4 is 14.7 Å². The van der Waals surface area contributed by atoms with Crippen LogP contribution in [0.15, 0.2) is 522 Å². The first-order valence-electron chi connectivity index (χ1n) is 50.9. The minimum absolute atomic E-state index is 0.299. The molecule has 24 aromatic carbocycles. The fraction of sp³-hybridized carbons (Fsp3) is 0.0213. The molecule has 29 rings (SSSR count). The van der Waals surface area contributed by atoms with Crippen LogP contribution in [-0.2, 0) is 5.41 Å². The summed E-state index contributed by atoms with van der Waals surface area (Å²) in [5.41, 5.74) is 36.8. The molecule has 4 heterocycles. The van der Waals surface area contributed by atoms with Crippen LogP contribution in [0.2, 0.25) is 0 Å². The van der Waals surface area contributed by atoms with Crippen LogP contribution in [0.1, 0.15) is 25.0 Å². The minimum atomic E-state index is -0.299. The van der Waals surface area contributed by atoms with Gasteiger partial charge in [0.05, 0.1) is 56.5 Å². The lowest BCUT2D eigenvalue weighted by molar-refractivity contribution is 0.661. The van der Waals surface area contributed by atoms with Crippen LogP contribution in [0, 0.1) is 0 Å². The maximum atomic E-state index is 2.55. The van der Waals surface area contributed by atoms with Crippen molar-refractivity contribution in [3.05, 3.63) is 533 Å². The quantitative estimate of drug-likeness (QED) is 0.0851. The largest absolute Gasteiger partial charge is 0.309 e. The second kappa shape index (κ2) is 35.2. The van der Waals surface area contributed by atoms with Crippen molar-refractivity contribution in [2.24, 2.45) is 0 Å². The van der Waals surface area contributed by atoms with E-state index in [1.54, 1.807) is 0 Å². The molecule has 694 valence electrons. The highest BCUT2D eigenvalue weighted by Crippen LogP contribution is 2.56. The van der Waals surface area contributed by atoms with Crippen molar-refractivity contribution in [2.75, 3.05) is 14.7 Å². The molecule has 0 N–H and O–H groups in total. The smallest absolute Gasteiger partial charge is 0.0702 e. The van der Waals surface area contributed by atoms with Gasteiger partial charge in [0.15, 0.2) is 0 Å². The van der Waals surface area contributed by atoms with Crippen LogP contribution >= 0.6 is 34.0 Å². The Morgan fingerprint density at radius 2 is 0.486 bits per heavy atom. The zero-order chi connectivity index (χ0) is 97.8. The Bertz CT molecular complexity index is 10200. The van der Waals surface area contributed by atoms with Crippen molar-refractivity contribution in [1.29, 1.82) is 0 Å². The van der Waals surface area contributed by atoms with E-state index in [4.69, 9.17) is 0 Å². The molecular formula is C141H92N4S3. The Labute approximate surface area is 870 Å². The third-order valence-corrected chi connectivity index (χ3v) is 34.4. The molecule has 0 saturated carbocycles. The van der Waals surface area contributed by atoms with Gasteiger partial charge in [0.1, 0.15) is 0 Å². The number of hydrogen-bond donors (Lipinski definition) is 0. The van der Waals surface area contributed by atoms with Crippen LogP contribution in [0.5, 0.6) is 0 Å². The van der Waals surface area contributed by atoms with Gasteiger partial charge in [0.25, 0.3) is 0 Å². The Morgan fingerprint density at radius 3 is 1.03 bits per heavy atom. The van der Waals surface area contributed by atoms with Gasteiger partial charge >= 0.3 is 0 Å². The number of aromatic nitrogens is 1. The summed E-state index contributed by atoms with van der Waals surface area (Å²) in [7, 11) is 0. The van der Waals surface area contributed by atoms with Crippen molar-refractivity contribution < 1.29 is 0 Å². The molecule has 0 bridgehead atoms. The van der Waals surface area contributed by atoms with Crippen molar-refractivity contribution in [2.45, 2.75) is 19.3 Å². The molecule has 0 saturated heterocycles. The van der Waals surface area contributed by atoms with E-state index in [1.165, 1.54) is 165 Å². The molecule has 4 aromatic heterocycles. The number of rotatable bonds is 18. The highest BCUT2D eigenvalue weighted by atomic mass is 32.1. The number of anilines is 9. The normalized spacial score (nSPS) is 12.3. The lowest BCUT2D eigenvalue weighted by Crippen LogP contribution is -2.15. The van der Waals surface area contributed by atoms with Gasteiger partial charge in [0, 0.05) is 121 Å². The molecule has 0 amide bonds. The van der Waals surface area contributed by atoms with Gasteiger partial charge < -0.3 is 19.3 Å². The summed E-state index contributed by atoms with van der Waals surface area (Å²) >= 11 is 5.60. The Balaban J connectivity index is 0.514. The molecule has 0 unspecified atom stereocenters. The summed E-state index contributed by atoms with van der Waals surface area (Å²) in [6, 6.07) is 195. The standard InChI is InChI=1S/C141H92N4S3/c1-141(2)123-83-98(93-59-71-105(72-60-93)142(126-48-24-31-94-29-6-8-34-107(94)126)125-42-16-10-36-109(125)102-65-77-119-117-40-14-22-51-135(117)146-138(119)86-102)63-75-113(123)114-76-64-99(84-124(114)141)96-61-73-111-101(81-96)33-26-50-129(111)144(132-46-20-21-47-133(132)145-130-44-18-12-38-115(130)116-39-13-19-45-131(116)145)128-43-17-11-37-110(128)103-67-79-121-122-82-97(68-80-137(122)148-140(121)87-103)100-62-74-112(104-66-78-120-118-41-15-23-52-136(118)147-139(120)88-104)134(85-100)143(127-49-25-32-95-30-7-9-35-108(95)127)106-69-57-92(58-70-106)91-55-53-90(54-56-91)89-27-4-3-5-28-89/h3-88H,1-2H3. The van der Waals surface area contributed by atoms with Crippen LogP contribution in [-0.4, -0.2) is 4.57 Å². The zero-order valence-electron chi connectivity index (χ0n) is 81.2. The lowest BCUT2D eigenvalue weighted by Gasteiger charge is -2.31. The van der Waals surface area contributed by atoms with E-state index in [0.29, 0.717) is 0 Å². The van der Waals surface area contributed by atoms with Crippen LogP contribution in [0.4, 0.5) is 51.2 Å². The van der Waals surface area contributed by atoms with E-state index in [2.05, 4.69) is 555 Å². The van der Waals surface area contributed by atoms with E-state index in [0.717, 1.165) is 118 Å². The number of nitrogens with zero attached hydrogens (tertiary/aromatic N) is 4. The van der Waals surface area contributed by atoms with Gasteiger partial charge in [-0.3, -0.25) is 0 Å². The SMILES string of the molecule is CC1(C)c2cc(-c3ccc(N(c4ccccc4-c4ccc5c(c4)sc4ccccc45)c4cccc5ccccc45)cc3)ccc2-c2ccc(-c3ccc4c(N(c5ccccc5-c5ccc6c(c5)sc5ccc(-c7ccc(-c8ccc9c(c8)sc8ccccc89)c(N(c8ccc(-c9ccc(-c%10ccccc%10)cc9)cc8)c8cccc9ccccc89)c7)cc56)c5ccccc5-n5c6ccccc6c6ccccc65)cccc4c3)cc21. The topological polar surface area (TPSA) is 14.7 Å². The average Bonchev–Trinajstić information content (AvgIpc) is 1.53. The van der Waals surface area contributed by atoms with E-state index < -0.39 is 0 Å². The third-order valence-electron chi connectivity index (χ3n) is 31.0. The Hall–Kier alpha value is -18.1. The van der Waals surface area contributed by atoms with Gasteiger partial charge in [-0.1, -0.05) is 390 Å². The second-order valence-electron chi connectivity index (χ2n) is 39.7. The Morgan fingerprint density at radius 1 is 0.169 bits per heavy atom. The molecule has 4 nitrogen and oxygen atoms in total. The fourth-order valence-electron chi connectivity index (χ4n) is 23.7. The first-order valence-corrected chi connectivity index (χ1v) is 53.3.